The number of rotatable bonds is 3. The lowest BCUT2D eigenvalue weighted by atomic mass is 9.64. The van der Waals surface area contributed by atoms with E-state index in [1.807, 2.05) is 0 Å². The summed E-state index contributed by atoms with van der Waals surface area (Å²) in [5.74, 6) is -2.57. The number of fused-ring (bicyclic) bond motifs is 3. The molecule has 6 heteroatoms. The first-order chi connectivity index (χ1) is 9.14. The Labute approximate surface area is 118 Å². The average molecular weight is 294 g/mol. The van der Waals surface area contributed by atoms with Gasteiger partial charge in [-0.05, 0) is 45.4 Å². The number of nitrogens with two attached hydrogens (primary N) is 1. The number of carbonyl (C=O) groups is 1. The Balaban J connectivity index is 0.000000286. The lowest BCUT2D eigenvalue weighted by Crippen LogP contribution is -2.58. The van der Waals surface area contributed by atoms with Crippen molar-refractivity contribution in [3.8, 4) is 0 Å². The van der Waals surface area contributed by atoms with Gasteiger partial charge in [-0.25, -0.2) is 13.2 Å². The maximum atomic E-state index is 13.8. The highest BCUT2D eigenvalue weighted by Crippen LogP contribution is 2.48. The van der Waals surface area contributed by atoms with Crippen LogP contribution >= 0.6 is 0 Å². The highest BCUT2D eigenvalue weighted by Gasteiger charge is 2.49. The number of halogens is 3. The van der Waals surface area contributed by atoms with E-state index in [2.05, 4.69) is 5.32 Å². The minimum absolute atomic E-state index is 0.0303. The van der Waals surface area contributed by atoms with Gasteiger partial charge in [0, 0.05) is 12.0 Å². The smallest absolute Gasteiger partial charge is 0.245 e. The van der Waals surface area contributed by atoms with Crippen LogP contribution in [-0.2, 0) is 4.79 Å². The van der Waals surface area contributed by atoms with Crippen LogP contribution in [0, 0.1) is 0 Å². The average Bonchev–Trinajstić information content (AvgIpc) is 2.40. The van der Waals surface area contributed by atoms with Crippen LogP contribution < -0.4 is 11.1 Å². The van der Waals surface area contributed by atoms with E-state index in [9.17, 15) is 18.0 Å². The summed E-state index contributed by atoms with van der Waals surface area (Å²) in [5, 5.41) is 2.96. The molecule has 0 aromatic carbocycles. The van der Waals surface area contributed by atoms with Gasteiger partial charge in [0.1, 0.15) is 5.67 Å². The van der Waals surface area contributed by atoms with Crippen LogP contribution in [0.25, 0.3) is 0 Å². The molecule has 3 aliphatic rings. The fourth-order valence-corrected chi connectivity index (χ4v) is 2.67. The molecule has 3 saturated carbocycles. The summed E-state index contributed by atoms with van der Waals surface area (Å²) < 4.78 is 36.7. The Morgan fingerprint density at radius 2 is 1.60 bits per heavy atom. The third-order valence-corrected chi connectivity index (χ3v) is 4.37. The van der Waals surface area contributed by atoms with E-state index >= 15 is 0 Å². The van der Waals surface area contributed by atoms with Crippen molar-refractivity contribution in [3.63, 3.8) is 0 Å². The molecule has 3 nitrogen and oxygen atoms in total. The normalized spacial score (nSPS) is 32.3. The predicted molar refractivity (Wildman–Crippen MR) is 72.4 cm³/mol. The summed E-state index contributed by atoms with van der Waals surface area (Å²) in [4.78, 5) is 11.2. The molecule has 0 unspecified atom stereocenters. The first-order valence-corrected chi connectivity index (χ1v) is 7.21. The molecule has 3 N–H and O–H groups in total. The molecule has 118 valence electrons. The molecule has 0 aliphatic heterocycles. The molecule has 0 radical (unpaired) electrons. The number of hydrogen-bond donors (Lipinski definition) is 2. The summed E-state index contributed by atoms with van der Waals surface area (Å²) >= 11 is 0. The van der Waals surface area contributed by atoms with E-state index in [1.165, 1.54) is 6.92 Å². The molecule has 3 rings (SSSR count). The summed E-state index contributed by atoms with van der Waals surface area (Å²) in [6.45, 7) is 2.40. The molecule has 0 heterocycles. The second-order valence-corrected chi connectivity index (χ2v) is 6.11. The van der Waals surface area contributed by atoms with Gasteiger partial charge in [0.25, 0.3) is 0 Å². The van der Waals surface area contributed by atoms with Crippen molar-refractivity contribution in [1.29, 1.82) is 0 Å². The van der Waals surface area contributed by atoms with E-state index in [1.54, 1.807) is 0 Å². The molecule has 0 atom stereocenters. The van der Waals surface area contributed by atoms with Gasteiger partial charge in [-0.3, -0.25) is 4.79 Å². The van der Waals surface area contributed by atoms with Gasteiger partial charge in [0.05, 0.1) is 6.54 Å². The molecular weight excluding hydrogens is 269 g/mol. The van der Waals surface area contributed by atoms with Crippen LogP contribution in [0.5, 0.6) is 0 Å². The monoisotopic (exact) mass is 294 g/mol. The summed E-state index contributed by atoms with van der Waals surface area (Å²) in [7, 11) is 0. The van der Waals surface area contributed by atoms with Gasteiger partial charge in [0.15, 0.2) is 0 Å². The number of amides is 1. The summed E-state index contributed by atoms with van der Waals surface area (Å²) in [5.41, 5.74) is 4.19. The lowest BCUT2D eigenvalue weighted by molar-refractivity contribution is -0.124. The Morgan fingerprint density at radius 1 is 1.20 bits per heavy atom. The fraction of sp³-hybridized carbons (Fsp3) is 0.929. The van der Waals surface area contributed by atoms with Gasteiger partial charge in [0.2, 0.25) is 11.8 Å². The molecule has 20 heavy (non-hydrogen) atoms. The first kappa shape index (κ1) is 17.3. The van der Waals surface area contributed by atoms with Crippen LogP contribution in [0.3, 0.4) is 0 Å². The van der Waals surface area contributed by atoms with E-state index in [4.69, 9.17) is 5.73 Å². The van der Waals surface area contributed by atoms with Crippen LogP contribution in [0.15, 0.2) is 0 Å². The van der Waals surface area contributed by atoms with Crippen LogP contribution in [0.2, 0.25) is 0 Å². The zero-order valence-electron chi connectivity index (χ0n) is 12.3. The Kier molecular flexibility index (Phi) is 5.46. The molecule has 0 aromatic rings. The number of alkyl halides is 3. The second-order valence-electron chi connectivity index (χ2n) is 6.11. The van der Waals surface area contributed by atoms with Gasteiger partial charge < -0.3 is 11.1 Å². The van der Waals surface area contributed by atoms with Crippen molar-refractivity contribution in [2.45, 2.75) is 75.9 Å². The molecule has 3 aliphatic carbocycles. The largest absolute Gasteiger partial charge is 0.350 e. The third-order valence-electron chi connectivity index (χ3n) is 4.37. The zero-order valence-corrected chi connectivity index (χ0v) is 12.3. The van der Waals surface area contributed by atoms with Gasteiger partial charge in [-0.15, -0.1) is 0 Å². The Hall–Kier alpha value is -0.780. The van der Waals surface area contributed by atoms with Gasteiger partial charge in [-0.2, -0.15) is 0 Å². The maximum Gasteiger partial charge on any atom is 0.245 e. The van der Waals surface area contributed by atoms with Crippen molar-refractivity contribution in [2.75, 3.05) is 6.54 Å². The van der Waals surface area contributed by atoms with E-state index in [0.717, 1.165) is 26.2 Å². The molecule has 0 spiro atoms. The number of nitrogens with one attached hydrogen (secondary N) is 1. The van der Waals surface area contributed by atoms with Crippen molar-refractivity contribution >= 4 is 5.91 Å². The molecule has 1 amide bonds. The topological polar surface area (TPSA) is 55.1 Å². The standard InChI is InChI=1S/C10H17FN2O.C4H8F2/c11-9-1-4-10(5-2-9,6-3-9)13-8(14)7-12;1-3-4(2,5)6/h1-7,12H2,(H,13,14);3H2,1-2H3. The molecule has 2 bridgehead atoms. The van der Waals surface area contributed by atoms with Crippen molar-refractivity contribution < 1.29 is 18.0 Å². The number of carbonyl (C=O) groups excluding carboxylic acids is 1. The van der Waals surface area contributed by atoms with Gasteiger partial charge >= 0.3 is 0 Å². The zero-order chi connectivity index (χ0) is 15.4. The fourth-order valence-electron chi connectivity index (χ4n) is 2.67. The van der Waals surface area contributed by atoms with E-state index in [-0.39, 0.29) is 24.4 Å². The third kappa shape index (κ3) is 4.96. The van der Waals surface area contributed by atoms with Crippen LogP contribution in [0.1, 0.15) is 58.8 Å². The van der Waals surface area contributed by atoms with Crippen molar-refractivity contribution in [1.82, 2.24) is 5.32 Å². The van der Waals surface area contributed by atoms with E-state index in [0.29, 0.717) is 19.3 Å². The maximum absolute atomic E-state index is 13.8. The quantitative estimate of drug-likeness (QED) is 0.841. The SMILES string of the molecule is CCC(C)(F)F.NCC(=O)NC12CCC(F)(CC1)CC2. The predicted octanol–water partition coefficient (Wildman–Crippen LogP) is 2.93. The van der Waals surface area contributed by atoms with E-state index < -0.39 is 11.6 Å². The van der Waals surface area contributed by atoms with Crippen LogP contribution in [-0.4, -0.2) is 29.6 Å². The minimum Gasteiger partial charge on any atom is -0.350 e. The van der Waals surface area contributed by atoms with Gasteiger partial charge in [-0.1, -0.05) is 6.92 Å². The highest BCUT2D eigenvalue weighted by atomic mass is 19.3. The molecule has 3 fully saturated rings. The summed E-state index contributed by atoms with van der Waals surface area (Å²) in [6, 6.07) is 0. The minimum atomic E-state index is -2.46. The number of hydrogen-bond acceptors (Lipinski definition) is 2. The van der Waals surface area contributed by atoms with Crippen LogP contribution in [0.4, 0.5) is 13.2 Å². The molecule has 0 saturated heterocycles. The molecule has 0 aromatic heterocycles. The lowest BCUT2D eigenvalue weighted by Gasteiger charge is -2.49. The first-order valence-electron chi connectivity index (χ1n) is 7.21. The van der Waals surface area contributed by atoms with Crippen molar-refractivity contribution in [2.24, 2.45) is 5.73 Å². The second kappa shape index (κ2) is 6.33. The molecular formula is C14H25F3N2O. The highest BCUT2D eigenvalue weighted by molar-refractivity contribution is 5.78. The Morgan fingerprint density at radius 3 is 1.90 bits per heavy atom. The Bertz CT molecular complexity index is 317. The summed E-state index contributed by atoms with van der Waals surface area (Å²) in [6.07, 6.45) is 4.04. The van der Waals surface area contributed by atoms with Crippen molar-refractivity contribution in [3.05, 3.63) is 0 Å².